The number of ether oxygens (including phenoxy) is 2. The number of likely N-dealkylation sites (tertiary alicyclic amines) is 1. The zero-order chi connectivity index (χ0) is 14.5. The van der Waals surface area contributed by atoms with Gasteiger partial charge in [0, 0.05) is 25.6 Å². The van der Waals surface area contributed by atoms with E-state index in [4.69, 9.17) is 9.47 Å². The van der Waals surface area contributed by atoms with Crippen LogP contribution in [0.2, 0.25) is 0 Å². The molecule has 1 aromatic carbocycles. The van der Waals surface area contributed by atoms with Crippen molar-refractivity contribution in [1.82, 2.24) is 4.90 Å². The van der Waals surface area contributed by atoms with Crippen molar-refractivity contribution >= 4 is 0 Å². The fraction of sp³-hybridized carbons (Fsp3) is 0.625. The summed E-state index contributed by atoms with van der Waals surface area (Å²) in [6.07, 6.45) is 0.679. The van der Waals surface area contributed by atoms with Crippen molar-refractivity contribution in [2.75, 3.05) is 33.9 Å². The van der Waals surface area contributed by atoms with E-state index in [1.165, 1.54) is 5.56 Å². The van der Waals surface area contributed by atoms with Crippen LogP contribution in [-0.2, 0) is 4.74 Å². The first-order valence-corrected chi connectivity index (χ1v) is 7.20. The molecule has 1 fully saturated rings. The van der Waals surface area contributed by atoms with Gasteiger partial charge < -0.3 is 14.6 Å². The first-order valence-electron chi connectivity index (χ1n) is 7.20. The molecule has 3 atom stereocenters. The predicted octanol–water partition coefficient (Wildman–Crippen LogP) is 2.09. The summed E-state index contributed by atoms with van der Waals surface area (Å²) in [6, 6.07) is 8.59. The number of aliphatic hydroxyl groups is 1. The van der Waals surface area contributed by atoms with E-state index in [1.54, 1.807) is 14.2 Å². The average Bonchev–Trinajstić information content (AvgIpc) is 2.97. The van der Waals surface area contributed by atoms with E-state index in [9.17, 15) is 5.11 Å². The van der Waals surface area contributed by atoms with Crippen LogP contribution in [0.25, 0.3) is 0 Å². The second-order valence-electron chi connectivity index (χ2n) is 5.52. The lowest BCUT2D eigenvalue weighted by atomic mass is 10.0. The van der Waals surface area contributed by atoms with Gasteiger partial charge in [0.05, 0.1) is 19.8 Å². The van der Waals surface area contributed by atoms with E-state index in [0.29, 0.717) is 18.6 Å². The molecule has 0 spiro atoms. The van der Waals surface area contributed by atoms with Crippen LogP contribution >= 0.6 is 0 Å². The highest BCUT2D eigenvalue weighted by molar-refractivity contribution is 5.29. The van der Waals surface area contributed by atoms with Crippen molar-refractivity contribution < 1.29 is 14.6 Å². The minimum absolute atomic E-state index is 0.315. The Morgan fingerprint density at radius 3 is 2.60 bits per heavy atom. The van der Waals surface area contributed by atoms with Crippen molar-refractivity contribution in [1.29, 1.82) is 0 Å². The third-order valence-corrected chi connectivity index (χ3v) is 4.28. The first kappa shape index (κ1) is 15.3. The second-order valence-corrected chi connectivity index (χ2v) is 5.52. The van der Waals surface area contributed by atoms with E-state index in [0.717, 1.165) is 25.3 Å². The van der Waals surface area contributed by atoms with Gasteiger partial charge in [-0.3, -0.25) is 4.90 Å². The number of methoxy groups -OCH3 is 2. The van der Waals surface area contributed by atoms with E-state index in [2.05, 4.69) is 24.0 Å². The lowest BCUT2D eigenvalue weighted by Crippen LogP contribution is -2.30. The van der Waals surface area contributed by atoms with Crippen molar-refractivity contribution in [2.45, 2.75) is 25.5 Å². The SMILES string of the molecule is COCC(O)[C@@H]1CCN([C@H](C)c2ccc(OC)cc2)C1. The van der Waals surface area contributed by atoms with Crippen LogP contribution in [-0.4, -0.2) is 50.0 Å². The summed E-state index contributed by atoms with van der Waals surface area (Å²) < 4.78 is 10.2. The zero-order valence-corrected chi connectivity index (χ0v) is 12.6. The second kappa shape index (κ2) is 7.07. The fourth-order valence-electron chi connectivity index (χ4n) is 2.88. The molecule has 2 rings (SSSR count). The minimum Gasteiger partial charge on any atom is -0.497 e. The highest BCUT2D eigenvalue weighted by atomic mass is 16.5. The largest absolute Gasteiger partial charge is 0.497 e. The zero-order valence-electron chi connectivity index (χ0n) is 12.6. The number of hydrogen-bond donors (Lipinski definition) is 1. The number of benzene rings is 1. The molecule has 1 aliphatic rings. The van der Waals surface area contributed by atoms with Crippen LogP contribution in [0.3, 0.4) is 0 Å². The molecule has 4 heteroatoms. The molecule has 1 aromatic rings. The van der Waals surface area contributed by atoms with Crippen LogP contribution in [0.1, 0.15) is 24.9 Å². The highest BCUT2D eigenvalue weighted by Crippen LogP contribution is 2.29. The average molecular weight is 279 g/mol. The van der Waals surface area contributed by atoms with Gasteiger partial charge >= 0.3 is 0 Å². The van der Waals surface area contributed by atoms with E-state index in [1.807, 2.05) is 12.1 Å². The van der Waals surface area contributed by atoms with Crippen molar-refractivity contribution in [3.8, 4) is 5.75 Å². The predicted molar refractivity (Wildman–Crippen MR) is 79.0 cm³/mol. The first-order chi connectivity index (χ1) is 9.65. The van der Waals surface area contributed by atoms with Crippen molar-refractivity contribution in [3.63, 3.8) is 0 Å². The Morgan fingerprint density at radius 2 is 2.00 bits per heavy atom. The highest BCUT2D eigenvalue weighted by Gasteiger charge is 2.31. The van der Waals surface area contributed by atoms with Gasteiger partial charge in [-0.15, -0.1) is 0 Å². The summed E-state index contributed by atoms with van der Waals surface area (Å²) in [5.74, 6) is 1.20. The van der Waals surface area contributed by atoms with Crippen LogP contribution in [0.15, 0.2) is 24.3 Å². The monoisotopic (exact) mass is 279 g/mol. The molecule has 0 amide bonds. The number of hydrogen-bond acceptors (Lipinski definition) is 4. The molecule has 0 aliphatic carbocycles. The standard InChI is InChI=1S/C16H25NO3/c1-12(13-4-6-15(20-3)7-5-13)17-9-8-14(10-17)16(18)11-19-2/h4-7,12,14,16,18H,8-11H2,1-3H3/t12-,14-,16?/m1/s1. The molecular weight excluding hydrogens is 254 g/mol. The summed E-state index contributed by atoms with van der Waals surface area (Å²) in [5.41, 5.74) is 1.28. The third kappa shape index (κ3) is 3.51. The summed E-state index contributed by atoms with van der Waals surface area (Å²) in [4.78, 5) is 2.42. The molecule has 112 valence electrons. The van der Waals surface area contributed by atoms with Crippen LogP contribution < -0.4 is 4.74 Å². The van der Waals surface area contributed by atoms with Gasteiger partial charge in [0.1, 0.15) is 5.75 Å². The Hall–Kier alpha value is -1.10. The maximum atomic E-state index is 10.0. The number of rotatable bonds is 6. The van der Waals surface area contributed by atoms with Gasteiger partial charge in [0.25, 0.3) is 0 Å². The molecule has 1 heterocycles. The Morgan fingerprint density at radius 1 is 1.30 bits per heavy atom. The fourth-order valence-corrected chi connectivity index (χ4v) is 2.88. The van der Waals surface area contributed by atoms with Crippen LogP contribution in [0.5, 0.6) is 5.75 Å². The Labute approximate surface area is 121 Å². The van der Waals surface area contributed by atoms with Gasteiger partial charge in [-0.2, -0.15) is 0 Å². The van der Waals surface area contributed by atoms with Gasteiger partial charge in [-0.25, -0.2) is 0 Å². The Balaban J connectivity index is 1.94. The van der Waals surface area contributed by atoms with Gasteiger partial charge in [-0.1, -0.05) is 12.1 Å². The summed E-state index contributed by atoms with van der Waals surface area (Å²) >= 11 is 0. The van der Waals surface area contributed by atoms with Gasteiger partial charge in [0.2, 0.25) is 0 Å². The molecule has 0 radical (unpaired) electrons. The lowest BCUT2D eigenvalue weighted by molar-refractivity contribution is 0.0267. The molecule has 1 N–H and O–H groups in total. The van der Waals surface area contributed by atoms with E-state index in [-0.39, 0.29) is 6.10 Å². The van der Waals surface area contributed by atoms with Gasteiger partial charge in [0.15, 0.2) is 0 Å². The van der Waals surface area contributed by atoms with Crippen LogP contribution in [0, 0.1) is 5.92 Å². The number of aliphatic hydroxyl groups excluding tert-OH is 1. The van der Waals surface area contributed by atoms with Crippen molar-refractivity contribution in [2.24, 2.45) is 5.92 Å². The molecule has 1 unspecified atom stereocenters. The van der Waals surface area contributed by atoms with Gasteiger partial charge in [-0.05, 0) is 37.6 Å². The Kier molecular flexibility index (Phi) is 5.40. The minimum atomic E-state index is -0.354. The molecule has 4 nitrogen and oxygen atoms in total. The lowest BCUT2D eigenvalue weighted by Gasteiger charge is -2.25. The number of nitrogens with zero attached hydrogens (tertiary/aromatic N) is 1. The molecule has 0 bridgehead atoms. The maximum absolute atomic E-state index is 10.0. The topological polar surface area (TPSA) is 41.9 Å². The van der Waals surface area contributed by atoms with Crippen molar-refractivity contribution in [3.05, 3.63) is 29.8 Å². The van der Waals surface area contributed by atoms with E-state index < -0.39 is 0 Å². The van der Waals surface area contributed by atoms with E-state index >= 15 is 0 Å². The molecular formula is C16H25NO3. The molecule has 20 heavy (non-hydrogen) atoms. The molecule has 0 saturated carbocycles. The normalized spacial score (nSPS) is 22.7. The quantitative estimate of drug-likeness (QED) is 0.866. The molecule has 1 aliphatic heterocycles. The molecule has 1 saturated heterocycles. The summed E-state index contributed by atoms with van der Waals surface area (Å²) in [5, 5.41) is 10.0. The maximum Gasteiger partial charge on any atom is 0.118 e. The van der Waals surface area contributed by atoms with Crippen LogP contribution in [0.4, 0.5) is 0 Å². The smallest absolute Gasteiger partial charge is 0.118 e. The Bertz CT molecular complexity index is 407. The summed E-state index contributed by atoms with van der Waals surface area (Å²) in [6.45, 7) is 4.60. The molecule has 0 aromatic heterocycles. The third-order valence-electron chi connectivity index (χ3n) is 4.28. The summed E-state index contributed by atoms with van der Waals surface area (Å²) in [7, 11) is 3.32.